The van der Waals surface area contributed by atoms with Gasteiger partial charge in [0.15, 0.2) is 0 Å². The highest BCUT2D eigenvalue weighted by Gasteiger charge is 2.18. The Morgan fingerprint density at radius 2 is 2.05 bits per heavy atom. The fourth-order valence-corrected chi connectivity index (χ4v) is 2.36. The molecule has 0 N–H and O–H groups in total. The van der Waals surface area contributed by atoms with E-state index in [9.17, 15) is 4.79 Å². The van der Waals surface area contributed by atoms with Crippen LogP contribution in [0.15, 0.2) is 48.6 Å². The van der Waals surface area contributed by atoms with Crippen LogP contribution >= 0.6 is 0 Å². The summed E-state index contributed by atoms with van der Waals surface area (Å²) in [5, 5.41) is 0. The molecule has 1 aliphatic heterocycles. The molecule has 19 heavy (non-hydrogen) atoms. The van der Waals surface area contributed by atoms with E-state index in [0.29, 0.717) is 5.92 Å². The second-order valence-electron chi connectivity index (χ2n) is 5.16. The third-order valence-electron chi connectivity index (χ3n) is 3.41. The average Bonchev–Trinajstić information content (AvgIpc) is 2.44. The predicted molar refractivity (Wildman–Crippen MR) is 79.6 cm³/mol. The van der Waals surface area contributed by atoms with Crippen LogP contribution in [0, 0.1) is 5.92 Å². The number of amides is 1. The number of hydrogen-bond acceptors (Lipinski definition) is 1. The van der Waals surface area contributed by atoms with Gasteiger partial charge in [0.05, 0.1) is 0 Å². The Kier molecular flexibility index (Phi) is 4.96. The average molecular weight is 255 g/mol. The Labute approximate surface area is 115 Å². The molecule has 1 aromatic carbocycles. The topological polar surface area (TPSA) is 20.3 Å². The van der Waals surface area contributed by atoms with Crippen molar-refractivity contribution in [2.75, 3.05) is 13.1 Å². The van der Waals surface area contributed by atoms with E-state index in [1.807, 2.05) is 53.5 Å². The molecular weight excluding hydrogens is 234 g/mol. The van der Waals surface area contributed by atoms with Crippen LogP contribution in [0.5, 0.6) is 0 Å². The normalized spacial score (nSPS) is 20.3. The number of hydrogen-bond donors (Lipinski definition) is 0. The van der Waals surface area contributed by atoms with E-state index in [4.69, 9.17) is 0 Å². The second-order valence-corrected chi connectivity index (χ2v) is 5.16. The minimum atomic E-state index is 0.129. The van der Waals surface area contributed by atoms with Gasteiger partial charge in [-0.2, -0.15) is 0 Å². The molecule has 1 fully saturated rings. The Balaban J connectivity index is 1.85. The van der Waals surface area contributed by atoms with Crippen LogP contribution in [0.4, 0.5) is 0 Å². The van der Waals surface area contributed by atoms with E-state index in [-0.39, 0.29) is 5.91 Å². The number of carbonyl (C=O) groups excluding carboxylic acids is 1. The third kappa shape index (κ3) is 4.40. The van der Waals surface area contributed by atoms with Gasteiger partial charge >= 0.3 is 0 Å². The van der Waals surface area contributed by atoms with Crippen molar-refractivity contribution in [3.63, 3.8) is 0 Å². The number of rotatable bonds is 3. The van der Waals surface area contributed by atoms with Crippen molar-refractivity contribution in [1.29, 1.82) is 0 Å². The Hall–Kier alpha value is -1.83. The van der Waals surface area contributed by atoms with Crippen LogP contribution in [0.3, 0.4) is 0 Å². The summed E-state index contributed by atoms with van der Waals surface area (Å²) in [6.07, 6.45) is 9.78. The van der Waals surface area contributed by atoms with E-state index in [2.05, 4.69) is 6.92 Å². The Morgan fingerprint density at radius 3 is 2.79 bits per heavy atom. The first-order valence-electron chi connectivity index (χ1n) is 6.94. The first-order valence-corrected chi connectivity index (χ1v) is 6.94. The molecule has 0 aromatic heterocycles. The van der Waals surface area contributed by atoms with Gasteiger partial charge in [-0.25, -0.2) is 0 Å². The molecule has 0 spiro atoms. The highest BCUT2D eigenvalue weighted by Crippen LogP contribution is 2.15. The lowest BCUT2D eigenvalue weighted by atomic mass is 10.0. The lowest BCUT2D eigenvalue weighted by molar-refractivity contribution is -0.127. The number of piperidine rings is 1. The highest BCUT2D eigenvalue weighted by atomic mass is 16.2. The fraction of sp³-hybridized carbons (Fsp3) is 0.353. The van der Waals surface area contributed by atoms with Gasteiger partial charge in [-0.05, 0) is 24.3 Å². The number of allylic oxidation sites excluding steroid dienone is 2. The monoisotopic (exact) mass is 255 g/mol. The molecule has 0 aliphatic carbocycles. The molecule has 0 bridgehead atoms. The van der Waals surface area contributed by atoms with Gasteiger partial charge < -0.3 is 4.90 Å². The summed E-state index contributed by atoms with van der Waals surface area (Å²) in [4.78, 5) is 13.9. The Morgan fingerprint density at radius 1 is 1.26 bits per heavy atom. The van der Waals surface area contributed by atoms with Crippen molar-refractivity contribution >= 4 is 12.0 Å². The van der Waals surface area contributed by atoms with Gasteiger partial charge in [-0.3, -0.25) is 4.79 Å². The van der Waals surface area contributed by atoms with Crippen molar-refractivity contribution in [2.24, 2.45) is 5.92 Å². The molecular formula is C17H21NO. The molecule has 1 atom stereocenters. The van der Waals surface area contributed by atoms with E-state index in [0.717, 1.165) is 25.1 Å². The van der Waals surface area contributed by atoms with Crippen molar-refractivity contribution in [1.82, 2.24) is 4.90 Å². The summed E-state index contributed by atoms with van der Waals surface area (Å²) in [5.41, 5.74) is 1.14. The van der Waals surface area contributed by atoms with Gasteiger partial charge in [0, 0.05) is 19.2 Å². The van der Waals surface area contributed by atoms with Crippen molar-refractivity contribution in [3.05, 3.63) is 54.1 Å². The fourth-order valence-electron chi connectivity index (χ4n) is 2.36. The first kappa shape index (κ1) is 13.6. The van der Waals surface area contributed by atoms with E-state index in [1.54, 1.807) is 6.08 Å². The zero-order valence-corrected chi connectivity index (χ0v) is 11.5. The maximum absolute atomic E-state index is 12.0. The molecule has 0 radical (unpaired) electrons. The molecule has 1 aromatic rings. The molecule has 1 saturated heterocycles. The van der Waals surface area contributed by atoms with Gasteiger partial charge in [0.1, 0.15) is 0 Å². The summed E-state index contributed by atoms with van der Waals surface area (Å²) < 4.78 is 0. The summed E-state index contributed by atoms with van der Waals surface area (Å²) in [5.74, 6) is 0.759. The number of carbonyl (C=O) groups is 1. The number of benzene rings is 1. The van der Waals surface area contributed by atoms with E-state index >= 15 is 0 Å². The largest absolute Gasteiger partial charge is 0.339 e. The smallest absolute Gasteiger partial charge is 0.246 e. The molecule has 1 unspecified atom stereocenters. The lowest BCUT2D eigenvalue weighted by Crippen LogP contribution is -2.38. The van der Waals surface area contributed by atoms with Crippen LogP contribution in [-0.2, 0) is 4.79 Å². The summed E-state index contributed by atoms with van der Waals surface area (Å²) in [6, 6.07) is 10.1. The minimum Gasteiger partial charge on any atom is -0.339 e. The van der Waals surface area contributed by atoms with Gasteiger partial charge in [0.25, 0.3) is 0 Å². The van der Waals surface area contributed by atoms with E-state index in [1.165, 1.54) is 6.42 Å². The molecule has 1 aliphatic rings. The molecule has 0 saturated carbocycles. The second kappa shape index (κ2) is 6.93. The summed E-state index contributed by atoms with van der Waals surface area (Å²) in [6.45, 7) is 4.00. The molecule has 1 amide bonds. The van der Waals surface area contributed by atoms with Crippen LogP contribution in [0.1, 0.15) is 25.3 Å². The molecule has 2 nitrogen and oxygen atoms in total. The van der Waals surface area contributed by atoms with Gasteiger partial charge in [-0.1, -0.05) is 55.5 Å². The van der Waals surface area contributed by atoms with Crippen LogP contribution < -0.4 is 0 Å². The predicted octanol–water partition coefficient (Wildman–Crippen LogP) is 3.51. The quantitative estimate of drug-likeness (QED) is 0.598. The lowest BCUT2D eigenvalue weighted by Gasteiger charge is -2.29. The molecule has 2 heteroatoms. The third-order valence-corrected chi connectivity index (χ3v) is 3.41. The molecule has 100 valence electrons. The minimum absolute atomic E-state index is 0.129. The standard InChI is InChI=1S/C17H21NO/c1-15-8-7-13-18(14-15)17(19)12-6-5-11-16-9-3-2-4-10-16/h2-6,9-12,15H,7-8,13-14H2,1H3/b11-5+,12-6+. The zero-order chi connectivity index (χ0) is 13.5. The Bertz CT molecular complexity index is 461. The van der Waals surface area contributed by atoms with Crippen LogP contribution in [0.2, 0.25) is 0 Å². The van der Waals surface area contributed by atoms with E-state index < -0.39 is 0 Å². The van der Waals surface area contributed by atoms with Crippen LogP contribution in [-0.4, -0.2) is 23.9 Å². The van der Waals surface area contributed by atoms with Crippen molar-refractivity contribution in [2.45, 2.75) is 19.8 Å². The van der Waals surface area contributed by atoms with Gasteiger partial charge in [0.2, 0.25) is 5.91 Å². The molecule has 1 heterocycles. The van der Waals surface area contributed by atoms with Gasteiger partial charge in [-0.15, -0.1) is 0 Å². The number of nitrogens with zero attached hydrogens (tertiary/aromatic N) is 1. The maximum atomic E-state index is 12.0. The SMILES string of the molecule is CC1CCCN(C(=O)/C=C/C=C/c2ccccc2)C1. The van der Waals surface area contributed by atoms with Crippen molar-refractivity contribution in [3.8, 4) is 0 Å². The summed E-state index contributed by atoms with van der Waals surface area (Å²) in [7, 11) is 0. The van der Waals surface area contributed by atoms with Crippen molar-refractivity contribution < 1.29 is 4.79 Å². The molecule has 2 rings (SSSR count). The first-order chi connectivity index (χ1) is 9.25. The maximum Gasteiger partial charge on any atom is 0.246 e. The zero-order valence-electron chi connectivity index (χ0n) is 11.5. The highest BCUT2D eigenvalue weighted by molar-refractivity contribution is 5.88. The summed E-state index contributed by atoms with van der Waals surface area (Å²) >= 11 is 0. The number of likely N-dealkylation sites (tertiary alicyclic amines) is 1. The van der Waals surface area contributed by atoms with Crippen LogP contribution in [0.25, 0.3) is 6.08 Å².